The Morgan fingerprint density at radius 1 is 0.837 bits per heavy atom. The molecule has 0 aromatic heterocycles. The van der Waals surface area contributed by atoms with Crippen LogP contribution in [0.25, 0.3) is 0 Å². The zero-order valence-corrected chi connectivity index (χ0v) is 26.6. The summed E-state index contributed by atoms with van der Waals surface area (Å²) < 4.78 is 0. The van der Waals surface area contributed by atoms with Gasteiger partial charge in [0.25, 0.3) is 11.8 Å². The van der Waals surface area contributed by atoms with E-state index in [4.69, 9.17) is 23.2 Å². The molecule has 0 spiro atoms. The maximum Gasteiger partial charge on any atom is 0.271 e. The molecule has 0 aliphatic heterocycles. The quantitative estimate of drug-likeness (QED) is 0.260. The highest BCUT2D eigenvalue weighted by Gasteiger charge is 2.59. The fraction of sp³-hybridized carbons (Fsp3) is 0.486. The van der Waals surface area contributed by atoms with Gasteiger partial charge in [0.05, 0.1) is 5.71 Å². The van der Waals surface area contributed by atoms with Crippen LogP contribution in [0.2, 0.25) is 10.0 Å². The second-order valence-electron chi connectivity index (χ2n) is 13.4. The van der Waals surface area contributed by atoms with E-state index in [9.17, 15) is 9.59 Å². The van der Waals surface area contributed by atoms with Crippen molar-refractivity contribution < 1.29 is 9.59 Å². The summed E-state index contributed by atoms with van der Waals surface area (Å²) in [5.74, 6) is 1.92. The lowest BCUT2D eigenvalue weighted by atomic mass is 9.46. The van der Waals surface area contributed by atoms with Gasteiger partial charge in [-0.2, -0.15) is 10.2 Å². The molecule has 6 nitrogen and oxygen atoms in total. The van der Waals surface area contributed by atoms with Crippen molar-refractivity contribution in [3.63, 3.8) is 0 Å². The van der Waals surface area contributed by atoms with Crippen molar-refractivity contribution in [3.05, 3.63) is 81.4 Å². The van der Waals surface area contributed by atoms with Gasteiger partial charge in [0.2, 0.25) is 0 Å². The molecule has 6 unspecified atom stereocenters. The first-order valence-corrected chi connectivity index (χ1v) is 16.3. The highest BCUT2D eigenvalue weighted by Crippen LogP contribution is 2.66. The Bertz CT molecular complexity index is 1530. The monoisotopic (exact) mass is 618 g/mol. The summed E-state index contributed by atoms with van der Waals surface area (Å²) in [6.07, 6.45) is 11.2. The van der Waals surface area contributed by atoms with Gasteiger partial charge in [-0.1, -0.05) is 54.8 Å². The molecule has 6 atom stereocenters. The second kappa shape index (κ2) is 11.9. The average molecular weight is 620 g/mol. The van der Waals surface area contributed by atoms with Crippen LogP contribution in [0.4, 0.5) is 0 Å². The van der Waals surface area contributed by atoms with Crippen molar-refractivity contribution in [2.45, 2.75) is 72.1 Å². The van der Waals surface area contributed by atoms with E-state index in [1.165, 1.54) is 31.3 Å². The number of carbonyl (C=O) groups is 2. The Balaban J connectivity index is 1.13. The number of benzene rings is 2. The molecule has 2 amide bonds. The van der Waals surface area contributed by atoms with E-state index >= 15 is 0 Å². The molecule has 6 rings (SSSR count). The molecule has 226 valence electrons. The summed E-state index contributed by atoms with van der Waals surface area (Å²) in [6.45, 7) is 7.04. The third-order valence-corrected chi connectivity index (χ3v) is 11.8. The Kier molecular flexibility index (Phi) is 8.29. The molecule has 0 bridgehead atoms. The molecule has 0 saturated heterocycles. The van der Waals surface area contributed by atoms with E-state index in [1.54, 1.807) is 48.5 Å². The zero-order valence-electron chi connectivity index (χ0n) is 25.1. The third-order valence-electron chi connectivity index (χ3n) is 11.3. The summed E-state index contributed by atoms with van der Waals surface area (Å²) >= 11 is 12.1. The number of rotatable bonds is 5. The highest BCUT2D eigenvalue weighted by molar-refractivity contribution is 6.31. The molecular formula is C35H40Cl2N4O2. The molecule has 43 heavy (non-hydrogen) atoms. The molecule has 3 fully saturated rings. The van der Waals surface area contributed by atoms with Crippen molar-refractivity contribution in [2.24, 2.45) is 44.7 Å². The molecule has 2 N–H and O–H groups in total. The third kappa shape index (κ3) is 5.69. The first-order chi connectivity index (χ1) is 20.6. The molecular weight excluding hydrogens is 579 g/mol. The van der Waals surface area contributed by atoms with Crippen molar-refractivity contribution in [1.29, 1.82) is 0 Å². The zero-order chi connectivity index (χ0) is 30.4. The van der Waals surface area contributed by atoms with Crippen LogP contribution in [0.3, 0.4) is 0 Å². The van der Waals surface area contributed by atoms with Gasteiger partial charge >= 0.3 is 0 Å². The van der Waals surface area contributed by atoms with Crippen LogP contribution in [-0.4, -0.2) is 23.2 Å². The van der Waals surface area contributed by atoms with Gasteiger partial charge in [0, 0.05) is 32.8 Å². The van der Waals surface area contributed by atoms with Gasteiger partial charge in [-0.25, -0.2) is 10.9 Å². The minimum absolute atomic E-state index is 0.173. The number of allylic oxidation sites excluding steroid dienone is 2. The minimum atomic E-state index is -0.240. The second-order valence-corrected chi connectivity index (χ2v) is 14.3. The molecule has 0 radical (unpaired) electrons. The molecule has 8 heteroatoms. The lowest BCUT2D eigenvalue weighted by Gasteiger charge is -2.58. The van der Waals surface area contributed by atoms with Crippen LogP contribution >= 0.6 is 23.2 Å². The van der Waals surface area contributed by atoms with Crippen molar-refractivity contribution >= 4 is 46.4 Å². The van der Waals surface area contributed by atoms with Gasteiger partial charge in [0.1, 0.15) is 0 Å². The van der Waals surface area contributed by atoms with Gasteiger partial charge in [-0.15, -0.1) is 0 Å². The summed E-state index contributed by atoms with van der Waals surface area (Å²) in [5.41, 5.74) is 10.4. The van der Waals surface area contributed by atoms with Crippen molar-refractivity contribution in [2.75, 3.05) is 0 Å². The Morgan fingerprint density at radius 3 is 2.19 bits per heavy atom. The summed E-state index contributed by atoms with van der Waals surface area (Å²) in [4.78, 5) is 25.3. The molecule has 2 aromatic carbocycles. The summed E-state index contributed by atoms with van der Waals surface area (Å²) in [6, 6.07) is 13.9. The minimum Gasteiger partial charge on any atom is -0.267 e. The highest BCUT2D eigenvalue weighted by atomic mass is 35.5. The number of hydrazone groups is 2. The van der Waals surface area contributed by atoms with E-state index in [-0.39, 0.29) is 22.6 Å². The van der Waals surface area contributed by atoms with Gasteiger partial charge < -0.3 is 0 Å². The number of hydrogen-bond donors (Lipinski definition) is 2. The van der Waals surface area contributed by atoms with Crippen LogP contribution in [0, 0.1) is 34.5 Å². The smallest absolute Gasteiger partial charge is 0.267 e. The van der Waals surface area contributed by atoms with Crippen LogP contribution in [0.1, 0.15) is 92.9 Å². The lowest BCUT2D eigenvalue weighted by molar-refractivity contribution is -0.0407. The number of halogens is 2. The molecule has 3 saturated carbocycles. The molecule has 0 heterocycles. The van der Waals surface area contributed by atoms with Crippen LogP contribution in [0.15, 0.2) is 70.4 Å². The first-order valence-electron chi connectivity index (χ1n) is 15.5. The standard InChI is InChI=1S/C35H40Cl2N4O2/c1-21(38-40-32(42)22-6-4-8-25(36)18-22)29-12-13-30-28-11-10-24-20-27(39-41-33(43)23-7-5-9-26(37)19-23)14-16-34(24,2)31(28)15-17-35(29,30)3/h4-9,18-20,28-31H,10-17H2,1-3H3,(H,40,42)(H,41,43)/b38-21+,39-27-. The largest absolute Gasteiger partial charge is 0.271 e. The van der Waals surface area contributed by atoms with E-state index in [1.807, 2.05) is 0 Å². The molecule has 4 aliphatic carbocycles. The number of carbonyl (C=O) groups excluding carboxylic acids is 2. The predicted molar refractivity (Wildman–Crippen MR) is 174 cm³/mol. The molecule has 2 aromatic rings. The summed E-state index contributed by atoms with van der Waals surface area (Å²) in [7, 11) is 0. The van der Waals surface area contributed by atoms with Gasteiger partial charge in [-0.05, 0) is 129 Å². The number of nitrogens with one attached hydrogen (secondary N) is 2. The number of hydrogen-bond acceptors (Lipinski definition) is 4. The van der Waals surface area contributed by atoms with Crippen molar-refractivity contribution in [3.8, 4) is 0 Å². The maximum absolute atomic E-state index is 12.7. The Morgan fingerprint density at radius 2 is 1.51 bits per heavy atom. The van der Waals surface area contributed by atoms with Crippen LogP contribution < -0.4 is 10.9 Å². The van der Waals surface area contributed by atoms with Crippen molar-refractivity contribution in [1.82, 2.24) is 10.9 Å². The fourth-order valence-corrected chi connectivity index (χ4v) is 9.45. The molecule has 4 aliphatic rings. The van der Waals surface area contributed by atoms with Crippen LogP contribution in [-0.2, 0) is 0 Å². The van der Waals surface area contributed by atoms with E-state index in [2.05, 4.69) is 47.9 Å². The number of fused-ring (bicyclic) bond motifs is 5. The lowest BCUT2D eigenvalue weighted by Crippen LogP contribution is -2.51. The summed E-state index contributed by atoms with van der Waals surface area (Å²) in [5, 5.41) is 10.2. The Hall–Kier alpha value is -2.96. The maximum atomic E-state index is 12.7. The van der Waals surface area contributed by atoms with E-state index < -0.39 is 0 Å². The van der Waals surface area contributed by atoms with Gasteiger partial charge in [-0.3, -0.25) is 9.59 Å². The van der Waals surface area contributed by atoms with Crippen LogP contribution in [0.5, 0.6) is 0 Å². The first kappa shape index (κ1) is 30.1. The predicted octanol–water partition coefficient (Wildman–Crippen LogP) is 8.46. The topological polar surface area (TPSA) is 82.9 Å². The number of amides is 2. The van der Waals surface area contributed by atoms with E-state index in [0.29, 0.717) is 44.8 Å². The normalized spacial score (nSPS) is 32.7. The Labute approximate surface area is 264 Å². The number of nitrogens with zero attached hydrogens (tertiary/aromatic N) is 2. The van der Waals surface area contributed by atoms with Gasteiger partial charge in [0.15, 0.2) is 0 Å². The average Bonchev–Trinajstić information content (AvgIpc) is 3.35. The SMILES string of the molecule is C/C(=N\NC(=O)c1cccc(Cl)c1)C1CCC2C3CCC4=C/C(=N\NC(=O)c5cccc(Cl)c5)CCC4(C)C3CCC12C. The van der Waals surface area contributed by atoms with E-state index in [0.717, 1.165) is 37.1 Å². The fourth-order valence-electron chi connectivity index (χ4n) is 9.07.